The zero-order valence-corrected chi connectivity index (χ0v) is 16.5. The van der Waals surface area contributed by atoms with Crippen LogP contribution in [-0.2, 0) is 9.47 Å². The average molecular weight is 393 g/mol. The zero-order valence-electron chi connectivity index (χ0n) is 16.5. The average Bonchev–Trinajstić information content (AvgIpc) is 3.11. The van der Waals surface area contributed by atoms with E-state index in [1.54, 1.807) is 59.1 Å². The van der Waals surface area contributed by atoms with Gasteiger partial charge in [-0.2, -0.15) is 0 Å². The van der Waals surface area contributed by atoms with Crippen LogP contribution >= 0.6 is 0 Å². The van der Waals surface area contributed by atoms with Crippen LogP contribution in [0.1, 0.15) is 63.5 Å². The summed E-state index contributed by atoms with van der Waals surface area (Å²) in [5.41, 5.74) is 0.931. The lowest BCUT2D eigenvalue weighted by molar-refractivity contribution is 0.0459. The monoisotopic (exact) mass is 393 g/mol. The van der Waals surface area contributed by atoms with Crippen molar-refractivity contribution in [2.45, 2.75) is 26.7 Å². The van der Waals surface area contributed by atoms with Crippen LogP contribution in [0.3, 0.4) is 0 Å². The third kappa shape index (κ3) is 4.06. The van der Waals surface area contributed by atoms with Crippen molar-refractivity contribution >= 4 is 23.2 Å². The van der Waals surface area contributed by atoms with Gasteiger partial charge in [0.05, 0.1) is 18.7 Å². The highest BCUT2D eigenvalue weighted by molar-refractivity contribution is 6.19. The van der Waals surface area contributed by atoms with E-state index in [1.165, 1.54) is 0 Å². The molecule has 3 aromatic rings. The lowest BCUT2D eigenvalue weighted by atomic mass is 10.0. The van der Waals surface area contributed by atoms with E-state index in [9.17, 15) is 14.4 Å². The molecule has 1 aromatic carbocycles. The predicted molar refractivity (Wildman–Crippen MR) is 108 cm³/mol. The van der Waals surface area contributed by atoms with Gasteiger partial charge in [0.15, 0.2) is 0 Å². The van der Waals surface area contributed by atoms with Gasteiger partial charge in [0.1, 0.15) is 16.8 Å². The number of pyridine rings is 1. The molecule has 0 unspecified atom stereocenters. The Kier molecular flexibility index (Phi) is 6.44. The number of rotatable bonds is 8. The van der Waals surface area contributed by atoms with E-state index in [1.807, 2.05) is 13.8 Å². The van der Waals surface area contributed by atoms with Crippen LogP contribution in [0.5, 0.6) is 0 Å². The Labute approximate surface area is 169 Å². The number of hydrogen-bond acceptors (Lipinski definition) is 5. The molecule has 0 N–H and O–H groups in total. The van der Waals surface area contributed by atoms with Crippen molar-refractivity contribution in [3.63, 3.8) is 0 Å². The van der Waals surface area contributed by atoms with Crippen molar-refractivity contribution in [3.05, 3.63) is 77.1 Å². The maximum atomic E-state index is 13.3. The fraction of sp³-hybridized carbons (Fsp3) is 0.261. The third-order valence-electron chi connectivity index (χ3n) is 4.38. The van der Waals surface area contributed by atoms with Crippen LogP contribution in [0.25, 0.3) is 5.52 Å². The molecule has 0 bridgehead atoms. The number of benzene rings is 1. The normalized spacial score (nSPS) is 10.7. The van der Waals surface area contributed by atoms with E-state index in [0.29, 0.717) is 23.9 Å². The molecule has 0 aliphatic carbocycles. The Hall–Kier alpha value is -3.41. The summed E-state index contributed by atoms with van der Waals surface area (Å²) < 4.78 is 12.2. The van der Waals surface area contributed by atoms with Crippen molar-refractivity contribution < 1.29 is 23.9 Å². The van der Waals surface area contributed by atoms with E-state index in [0.717, 1.165) is 0 Å². The molecule has 0 atom stereocenters. The highest BCUT2D eigenvalue weighted by atomic mass is 16.5. The Morgan fingerprint density at radius 3 is 2.00 bits per heavy atom. The zero-order chi connectivity index (χ0) is 20.8. The number of ketones is 1. The van der Waals surface area contributed by atoms with Crippen molar-refractivity contribution in [1.82, 2.24) is 4.40 Å². The standard InChI is InChI=1S/C23H23NO5/c1-3-14-28-22(26)18-17-12-8-9-13-24(17)20(19(18)23(27)29-15-4-2)21(25)16-10-6-5-7-11-16/h5-13H,3-4,14-15H2,1-2H3. The first kappa shape index (κ1) is 20.3. The van der Waals surface area contributed by atoms with Gasteiger partial charge < -0.3 is 13.9 Å². The fourth-order valence-corrected chi connectivity index (χ4v) is 3.10. The highest BCUT2D eigenvalue weighted by Crippen LogP contribution is 2.28. The van der Waals surface area contributed by atoms with Crippen LogP contribution in [0.2, 0.25) is 0 Å². The molecular formula is C23H23NO5. The Balaban J connectivity index is 2.26. The van der Waals surface area contributed by atoms with Gasteiger partial charge >= 0.3 is 11.9 Å². The van der Waals surface area contributed by atoms with Crippen molar-refractivity contribution in [2.24, 2.45) is 0 Å². The van der Waals surface area contributed by atoms with Crippen molar-refractivity contribution in [3.8, 4) is 0 Å². The lowest BCUT2D eigenvalue weighted by Crippen LogP contribution is -2.17. The van der Waals surface area contributed by atoms with E-state index < -0.39 is 11.9 Å². The maximum Gasteiger partial charge on any atom is 0.341 e. The second kappa shape index (κ2) is 9.19. The largest absolute Gasteiger partial charge is 0.462 e. The number of esters is 2. The summed E-state index contributed by atoms with van der Waals surface area (Å²) in [6, 6.07) is 13.8. The van der Waals surface area contributed by atoms with Gasteiger partial charge in [-0.15, -0.1) is 0 Å². The number of carbonyl (C=O) groups is 3. The molecule has 0 fully saturated rings. The molecule has 0 saturated heterocycles. The summed E-state index contributed by atoms with van der Waals surface area (Å²) in [5.74, 6) is -1.73. The van der Waals surface area contributed by atoms with Crippen LogP contribution in [0.15, 0.2) is 54.7 Å². The van der Waals surface area contributed by atoms with Gasteiger partial charge in [-0.1, -0.05) is 50.2 Å². The van der Waals surface area contributed by atoms with Gasteiger partial charge in [-0.05, 0) is 25.0 Å². The third-order valence-corrected chi connectivity index (χ3v) is 4.38. The molecule has 2 heterocycles. The minimum Gasteiger partial charge on any atom is -0.462 e. The summed E-state index contributed by atoms with van der Waals surface area (Å²) in [4.78, 5) is 39.1. The Morgan fingerprint density at radius 2 is 1.38 bits per heavy atom. The van der Waals surface area contributed by atoms with Gasteiger partial charge in [-0.25, -0.2) is 9.59 Å². The van der Waals surface area contributed by atoms with Crippen LogP contribution in [0, 0.1) is 0 Å². The molecule has 0 aliphatic rings. The van der Waals surface area contributed by atoms with E-state index in [2.05, 4.69) is 0 Å². The maximum absolute atomic E-state index is 13.3. The number of ether oxygens (including phenoxy) is 2. The number of nitrogens with zero attached hydrogens (tertiary/aromatic N) is 1. The number of carbonyl (C=O) groups excluding carboxylic acids is 3. The van der Waals surface area contributed by atoms with Crippen LogP contribution < -0.4 is 0 Å². The molecule has 6 nitrogen and oxygen atoms in total. The summed E-state index contributed by atoms with van der Waals surface area (Å²) in [5, 5.41) is 0. The first-order chi connectivity index (χ1) is 14.1. The molecule has 150 valence electrons. The molecule has 6 heteroatoms. The minimum atomic E-state index is -0.710. The first-order valence-corrected chi connectivity index (χ1v) is 9.67. The Bertz CT molecular complexity index is 1040. The van der Waals surface area contributed by atoms with Crippen molar-refractivity contribution in [2.75, 3.05) is 13.2 Å². The molecule has 0 radical (unpaired) electrons. The van der Waals surface area contributed by atoms with Gasteiger partial charge in [0.2, 0.25) is 5.78 Å². The van der Waals surface area contributed by atoms with E-state index in [-0.39, 0.29) is 35.8 Å². The fourth-order valence-electron chi connectivity index (χ4n) is 3.10. The molecular weight excluding hydrogens is 370 g/mol. The number of aromatic nitrogens is 1. The quantitative estimate of drug-likeness (QED) is 0.421. The number of fused-ring (bicyclic) bond motifs is 1. The SMILES string of the molecule is CCCOC(=O)c1c(C(=O)OCCC)c2ccccn2c1C(=O)c1ccccc1. The smallest absolute Gasteiger partial charge is 0.341 e. The highest BCUT2D eigenvalue weighted by Gasteiger charge is 2.33. The van der Waals surface area contributed by atoms with Gasteiger partial charge in [-0.3, -0.25) is 4.79 Å². The molecule has 0 amide bonds. The van der Waals surface area contributed by atoms with Crippen molar-refractivity contribution in [1.29, 1.82) is 0 Å². The van der Waals surface area contributed by atoms with Crippen LogP contribution in [-0.4, -0.2) is 35.3 Å². The second-order valence-corrected chi connectivity index (χ2v) is 6.52. The molecule has 29 heavy (non-hydrogen) atoms. The molecule has 0 aliphatic heterocycles. The summed E-state index contributed by atoms with van der Waals surface area (Å²) in [6.45, 7) is 4.16. The van der Waals surface area contributed by atoms with Crippen LogP contribution in [0.4, 0.5) is 0 Å². The van der Waals surface area contributed by atoms with E-state index in [4.69, 9.17) is 9.47 Å². The summed E-state index contributed by atoms with van der Waals surface area (Å²) >= 11 is 0. The molecule has 0 spiro atoms. The van der Waals surface area contributed by atoms with E-state index >= 15 is 0 Å². The second-order valence-electron chi connectivity index (χ2n) is 6.52. The summed E-state index contributed by atoms with van der Waals surface area (Å²) in [6.07, 6.45) is 2.92. The minimum absolute atomic E-state index is 0.0550. The molecule has 3 rings (SSSR count). The van der Waals surface area contributed by atoms with Gasteiger partial charge in [0.25, 0.3) is 0 Å². The van der Waals surface area contributed by atoms with Gasteiger partial charge in [0, 0.05) is 11.8 Å². The topological polar surface area (TPSA) is 74.1 Å². The molecule has 0 saturated carbocycles. The number of hydrogen-bond donors (Lipinski definition) is 0. The predicted octanol–water partition coefficient (Wildman–Crippen LogP) is 4.30. The lowest BCUT2D eigenvalue weighted by Gasteiger charge is -2.08. The summed E-state index contributed by atoms with van der Waals surface area (Å²) in [7, 11) is 0. The first-order valence-electron chi connectivity index (χ1n) is 9.67. The Morgan fingerprint density at radius 1 is 0.793 bits per heavy atom. The molecule has 2 aromatic heterocycles.